The number of rotatable bonds is 7. The van der Waals surface area contributed by atoms with Gasteiger partial charge in [-0.2, -0.15) is 13.9 Å². The first-order chi connectivity index (χ1) is 14.3. The number of nitrogens with one attached hydrogen (secondary N) is 1. The fourth-order valence-corrected chi connectivity index (χ4v) is 3.20. The van der Waals surface area contributed by atoms with E-state index < -0.39 is 12.5 Å². The van der Waals surface area contributed by atoms with E-state index in [0.29, 0.717) is 17.9 Å². The Balaban J connectivity index is 1.81. The molecule has 1 heterocycles. The molecule has 0 spiro atoms. The van der Waals surface area contributed by atoms with Crippen LogP contribution in [0.4, 0.5) is 14.5 Å². The molecular weight excluding hydrogens is 392 g/mol. The van der Waals surface area contributed by atoms with E-state index in [2.05, 4.69) is 21.2 Å². The van der Waals surface area contributed by atoms with Crippen LogP contribution in [-0.2, 0) is 6.54 Å². The van der Waals surface area contributed by atoms with Crippen LogP contribution in [0.3, 0.4) is 0 Å². The van der Waals surface area contributed by atoms with Gasteiger partial charge in [0.05, 0.1) is 30.7 Å². The van der Waals surface area contributed by atoms with Gasteiger partial charge in [-0.05, 0) is 44.5 Å². The number of benzene rings is 2. The minimum atomic E-state index is -2.98. The number of aromatic nitrogens is 2. The topological polar surface area (TPSA) is 65.4 Å². The Labute approximate surface area is 173 Å². The molecule has 0 saturated carbocycles. The van der Waals surface area contributed by atoms with Crippen LogP contribution >= 0.6 is 0 Å². The van der Waals surface area contributed by atoms with Crippen molar-refractivity contribution in [1.29, 1.82) is 0 Å². The summed E-state index contributed by atoms with van der Waals surface area (Å²) in [7, 11) is 1.32. The van der Waals surface area contributed by atoms with E-state index in [1.54, 1.807) is 0 Å². The normalized spacial score (nSPS) is 10.9. The molecule has 1 N–H and O–H groups in total. The maximum atomic E-state index is 12.7. The van der Waals surface area contributed by atoms with Gasteiger partial charge in [0.25, 0.3) is 5.91 Å². The number of hydrogen-bond donors (Lipinski definition) is 1. The largest absolute Gasteiger partial charge is 0.493 e. The van der Waals surface area contributed by atoms with Gasteiger partial charge >= 0.3 is 6.61 Å². The van der Waals surface area contributed by atoms with Gasteiger partial charge in [-0.25, -0.2) is 0 Å². The molecule has 0 bridgehead atoms. The van der Waals surface area contributed by atoms with Crippen molar-refractivity contribution in [3.8, 4) is 11.5 Å². The maximum absolute atomic E-state index is 12.7. The Kier molecular flexibility index (Phi) is 6.34. The average molecular weight is 415 g/mol. The molecule has 0 aliphatic carbocycles. The summed E-state index contributed by atoms with van der Waals surface area (Å²) >= 11 is 0. The number of aryl methyl sites for hydroxylation is 2. The standard InChI is InChI=1S/C22H23F2N3O3/c1-13-6-5-7-16(10-13)12-27-15(3)20(14(2)26-27)25-21(28)17-8-9-18(30-22(23)24)19(11-17)29-4/h5-11,22H,12H2,1-4H3,(H,25,28). The molecular formula is C22H23F2N3O3. The Hall–Kier alpha value is -3.42. The Morgan fingerprint density at radius 2 is 1.90 bits per heavy atom. The number of amides is 1. The van der Waals surface area contributed by atoms with E-state index >= 15 is 0 Å². The molecule has 6 nitrogen and oxygen atoms in total. The zero-order valence-corrected chi connectivity index (χ0v) is 17.2. The molecule has 0 saturated heterocycles. The average Bonchev–Trinajstić information content (AvgIpc) is 2.95. The number of carbonyl (C=O) groups is 1. The molecule has 30 heavy (non-hydrogen) atoms. The highest BCUT2D eigenvalue weighted by atomic mass is 19.3. The smallest absolute Gasteiger partial charge is 0.387 e. The summed E-state index contributed by atoms with van der Waals surface area (Å²) in [5.74, 6) is -0.493. The maximum Gasteiger partial charge on any atom is 0.387 e. The van der Waals surface area contributed by atoms with Gasteiger partial charge in [-0.15, -0.1) is 0 Å². The highest BCUT2D eigenvalue weighted by molar-refractivity contribution is 6.05. The van der Waals surface area contributed by atoms with Gasteiger partial charge in [-0.3, -0.25) is 9.48 Å². The van der Waals surface area contributed by atoms with Gasteiger partial charge in [0, 0.05) is 5.56 Å². The second-order valence-electron chi connectivity index (χ2n) is 6.89. The second kappa shape index (κ2) is 8.94. The van der Waals surface area contributed by atoms with Crippen molar-refractivity contribution in [2.75, 3.05) is 12.4 Å². The molecule has 158 valence electrons. The summed E-state index contributed by atoms with van der Waals surface area (Å²) < 4.78 is 36.3. The van der Waals surface area contributed by atoms with E-state index in [1.165, 1.54) is 25.3 Å². The SMILES string of the molecule is COc1cc(C(=O)Nc2c(C)nn(Cc3cccc(C)c3)c2C)ccc1OC(F)F. The van der Waals surface area contributed by atoms with Crippen molar-refractivity contribution in [2.24, 2.45) is 0 Å². The summed E-state index contributed by atoms with van der Waals surface area (Å²) in [5.41, 5.74) is 4.62. The molecule has 0 unspecified atom stereocenters. The first-order valence-corrected chi connectivity index (χ1v) is 9.32. The van der Waals surface area contributed by atoms with Crippen molar-refractivity contribution in [3.05, 3.63) is 70.5 Å². The third kappa shape index (κ3) is 4.76. The lowest BCUT2D eigenvalue weighted by Gasteiger charge is -2.12. The number of nitrogens with zero attached hydrogens (tertiary/aromatic N) is 2. The molecule has 3 aromatic rings. The molecule has 1 amide bonds. The molecule has 3 rings (SSSR count). The quantitative estimate of drug-likeness (QED) is 0.607. The Morgan fingerprint density at radius 3 is 2.57 bits per heavy atom. The summed E-state index contributed by atoms with van der Waals surface area (Å²) in [4.78, 5) is 12.7. The van der Waals surface area contributed by atoms with Crippen molar-refractivity contribution < 1.29 is 23.0 Å². The number of carbonyl (C=O) groups excluding carboxylic acids is 1. The predicted octanol–water partition coefficient (Wildman–Crippen LogP) is 4.72. The second-order valence-corrected chi connectivity index (χ2v) is 6.89. The van der Waals surface area contributed by atoms with E-state index in [0.717, 1.165) is 16.8 Å². The predicted molar refractivity (Wildman–Crippen MR) is 110 cm³/mol. The lowest BCUT2D eigenvalue weighted by Crippen LogP contribution is -2.14. The van der Waals surface area contributed by atoms with Crippen LogP contribution < -0.4 is 14.8 Å². The zero-order valence-electron chi connectivity index (χ0n) is 17.2. The van der Waals surface area contributed by atoms with Crippen LogP contribution in [0.5, 0.6) is 11.5 Å². The zero-order chi connectivity index (χ0) is 21.8. The van der Waals surface area contributed by atoms with Crippen LogP contribution in [0.15, 0.2) is 42.5 Å². The van der Waals surface area contributed by atoms with Crippen molar-refractivity contribution in [2.45, 2.75) is 33.9 Å². The third-order valence-electron chi connectivity index (χ3n) is 4.68. The van der Waals surface area contributed by atoms with Crippen molar-refractivity contribution in [3.63, 3.8) is 0 Å². The number of anilines is 1. The number of alkyl halides is 2. The molecule has 1 aromatic heterocycles. The summed E-state index contributed by atoms with van der Waals surface area (Å²) in [5, 5.41) is 7.39. The molecule has 8 heteroatoms. The molecule has 0 atom stereocenters. The van der Waals surface area contributed by atoms with Crippen LogP contribution in [0, 0.1) is 20.8 Å². The Morgan fingerprint density at radius 1 is 1.13 bits per heavy atom. The molecule has 2 aromatic carbocycles. The van der Waals surface area contributed by atoms with Crippen LogP contribution in [0.1, 0.15) is 32.9 Å². The fourth-order valence-electron chi connectivity index (χ4n) is 3.20. The van der Waals surface area contributed by atoms with Gasteiger partial charge in [0.1, 0.15) is 0 Å². The first-order valence-electron chi connectivity index (χ1n) is 9.32. The minimum absolute atomic E-state index is 0.0477. The van der Waals surface area contributed by atoms with E-state index in [-0.39, 0.29) is 17.1 Å². The van der Waals surface area contributed by atoms with Crippen LogP contribution in [-0.4, -0.2) is 29.4 Å². The number of hydrogen-bond acceptors (Lipinski definition) is 4. The van der Waals surface area contributed by atoms with Gasteiger partial charge < -0.3 is 14.8 Å². The molecule has 0 radical (unpaired) electrons. The summed E-state index contributed by atoms with van der Waals surface area (Å²) in [6, 6.07) is 12.2. The lowest BCUT2D eigenvalue weighted by atomic mass is 10.1. The summed E-state index contributed by atoms with van der Waals surface area (Å²) in [6.45, 7) is 3.32. The van der Waals surface area contributed by atoms with Crippen LogP contribution in [0.25, 0.3) is 0 Å². The molecule has 0 aliphatic heterocycles. The molecule has 0 fully saturated rings. The van der Waals surface area contributed by atoms with Crippen LogP contribution in [0.2, 0.25) is 0 Å². The monoisotopic (exact) mass is 415 g/mol. The number of methoxy groups -OCH3 is 1. The Bertz CT molecular complexity index is 1060. The van der Waals surface area contributed by atoms with Crippen molar-refractivity contribution in [1.82, 2.24) is 9.78 Å². The van der Waals surface area contributed by atoms with E-state index in [1.807, 2.05) is 43.7 Å². The van der Waals surface area contributed by atoms with Gasteiger partial charge in [0.15, 0.2) is 11.5 Å². The first kappa shape index (κ1) is 21.3. The minimum Gasteiger partial charge on any atom is -0.493 e. The van der Waals surface area contributed by atoms with E-state index in [4.69, 9.17) is 4.74 Å². The highest BCUT2D eigenvalue weighted by Crippen LogP contribution is 2.30. The van der Waals surface area contributed by atoms with E-state index in [9.17, 15) is 13.6 Å². The van der Waals surface area contributed by atoms with Gasteiger partial charge in [0.2, 0.25) is 0 Å². The third-order valence-corrected chi connectivity index (χ3v) is 4.68. The lowest BCUT2D eigenvalue weighted by molar-refractivity contribution is -0.0512. The van der Waals surface area contributed by atoms with Crippen molar-refractivity contribution >= 4 is 11.6 Å². The molecule has 0 aliphatic rings. The number of halogens is 2. The van der Waals surface area contributed by atoms with Gasteiger partial charge in [-0.1, -0.05) is 29.8 Å². The summed E-state index contributed by atoms with van der Waals surface area (Å²) in [6.07, 6.45) is 0. The number of ether oxygens (including phenoxy) is 2. The highest BCUT2D eigenvalue weighted by Gasteiger charge is 2.18. The fraction of sp³-hybridized carbons (Fsp3) is 0.273.